The fourth-order valence-electron chi connectivity index (χ4n) is 1.24. The molecule has 0 amide bonds. The summed E-state index contributed by atoms with van der Waals surface area (Å²) in [5, 5.41) is 0. The van der Waals surface area contributed by atoms with Gasteiger partial charge in [0.15, 0.2) is 0 Å². The molecule has 1 aliphatic heterocycles. The van der Waals surface area contributed by atoms with Gasteiger partial charge < -0.3 is 0 Å². The Bertz CT molecular complexity index is 97.1. The SMILES string of the molecule is CCCC=[P+]1CCCC1. The van der Waals surface area contributed by atoms with Crippen molar-refractivity contribution in [3.63, 3.8) is 0 Å². The minimum atomic E-state index is 0.424. The van der Waals surface area contributed by atoms with Crippen LogP contribution in [0.15, 0.2) is 0 Å². The Kier molecular flexibility index (Phi) is 3.28. The molecule has 1 rings (SSSR count). The van der Waals surface area contributed by atoms with Gasteiger partial charge in [-0.2, -0.15) is 0 Å². The summed E-state index contributed by atoms with van der Waals surface area (Å²) in [5.74, 6) is 2.59. The molecule has 0 N–H and O–H groups in total. The third-order valence-corrected chi connectivity index (χ3v) is 4.37. The first-order chi connectivity index (χ1) is 4.43. The molecule has 0 spiro atoms. The molecular weight excluding hydrogens is 127 g/mol. The van der Waals surface area contributed by atoms with Gasteiger partial charge in [-0.05, 0) is 19.3 Å². The number of hydrogen-bond acceptors (Lipinski definition) is 0. The molecule has 0 aromatic heterocycles. The molecule has 52 valence electrons. The average molecular weight is 143 g/mol. The second-order valence-corrected chi connectivity index (χ2v) is 5.15. The van der Waals surface area contributed by atoms with Crippen LogP contribution in [0.1, 0.15) is 32.6 Å². The summed E-state index contributed by atoms with van der Waals surface area (Å²) in [6.45, 7) is 2.27. The fraction of sp³-hybridized carbons (Fsp3) is 0.875. The van der Waals surface area contributed by atoms with Crippen molar-refractivity contribution >= 4 is 13.3 Å². The van der Waals surface area contributed by atoms with E-state index in [2.05, 4.69) is 12.7 Å². The highest BCUT2D eigenvalue weighted by Gasteiger charge is 2.15. The van der Waals surface area contributed by atoms with Crippen LogP contribution in [-0.4, -0.2) is 18.1 Å². The summed E-state index contributed by atoms with van der Waals surface area (Å²) in [6, 6.07) is 0. The third kappa shape index (κ3) is 2.49. The molecule has 1 heteroatoms. The largest absolute Gasteiger partial charge is 0.106 e. The van der Waals surface area contributed by atoms with Crippen LogP contribution >= 0.6 is 7.55 Å². The molecule has 9 heavy (non-hydrogen) atoms. The maximum Gasteiger partial charge on any atom is 0.106 e. The minimum Gasteiger partial charge on any atom is -0.0649 e. The molecule has 0 saturated carbocycles. The highest BCUT2D eigenvalue weighted by molar-refractivity contribution is 7.57. The molecule has 0 unspecified atom stereocenters. The van der Waals surface area contributed by atoms with Crippen molar-refractivity contribution in [2.24, 2.45) is 0 Å². The molecule has 0 aromatic rings. The summed E-state index contributed by atoms with van der Waals surface area (Å²) in [7, 11) is 0.424. The van der Waals surface area contributed by atoms with E-state index in [-0.39, 0.29) is 0 Å². The first-order valence-electron chi connectivity index (χ1n) is 4.01. The lowest BCUT2D eigenvalue weighted by molar-refractivity contribution is 0.949. The molecule has 1 fully saturated rings. The van der Waals surface area contributed by atoms with Crippen molar-refractivity contribution in [2.45, 2.75) is 32.6 Å². The van der Waals surface area contributed by atoms with Gasteiger partial charge in [0.1, 0.15) is 12.3 Å². The maximum atomic E-state index is 2.59. The van der Waals surface area contributed by atoms with Gasteiger partial charge in [0.25, 0.3) is 0 Å². The van der Waals surface area contributed by atoms with E-state index in [0.717, 1.165) is 0 Å². The molecule has 0 aromatic carbocycles. The Morgan fingerprint density at radius 2 is 2.00 bits per heavy atom. The Balaban J connectivity index is 2.22. The van der Waals surface area contributed by atoms with Crippen LogP contribution in [0.5, 0.6) is 0 Å². The van der Waals surface area contributed by atoms with E-state index in [4.69, 9.17) is 0 Å². The van der Waals surface area contributed by atoms with Crippen molar-refractivity contribution in [1.82, 2.24) is 0 Å². The lowest BCUT2D eigenvalue weighted by Crippen LogP contribution is -1.73. The zero-order valence-corrected chi connectivity index (χ0v) is 7.16. The van der Waals surface area contributed by atoms with Gasteiger partial charge in [-0.1, -0.05) is 6.92 Å². The molecule has 1 aliphatic rings. The van der Waals surface area contributed by atoms with Crippen LogP contribution in [0.4, 0.5) is 0 Å². The fourth-order valence-corrected chi connectivity index (χ4v) is 3.71. The number of hydrogen-bond donors (Lipinski definition) is 0. The first-order valence-corrected chi connectivity index (χ1v) is 5.79. The van der Waals surface area contributed by atoms with Crippen LogP contribution in [0.25, 0.3) is 0 Å². The van der Waals surface area contributed by atoms with Gasteiger partial charge in [-0.15, -0.1) is 0 Å². The number of rotatable bonds is 2. The average Bonchev–Trinajstić information content (AvgIpc) is 2.34. The quantitative estimate of drug-likeness (QED) is 0.521. The van der Waals surface area contributed by atoms with Crippen molar-refractivity contribution in [2.75, 3.05) is 12.3 Å². The van der Waals surface area contributed by atoms with Crippen LogP contribution in [-0.2, 0) is 0 Å². The minimum absolute atomic E-state index is 0.424. The highest BCUT2D eigenvalue weighted by atomic mass is 31.1. The van der Waals surface area contributed by atoms with Crippen molar-refractivity contribution in [1.29, 1.82) is 0 Å². The zero-order chi connectivity index (χ0) is 6.53. The summed E-state index contributed by atoms with van der Waals surface area (Å²) in [4.78, 5) is 0. The van der Waals surface area contributed by atoms with Gasteiger partial charge in [-0.25, -0.2) is 0 Å². The van der Waals surface area contributed by atoms with Crippen LogP contribution in [0.2, 0.25) is 0 Å². The summed E-state index contributed by atoms with van der Waals surface area (Å²) in [5.41, 5.74) is 0. The van der Waals surface area contributed by atoms with Gasteiger partial charge in [0.05, 0.1) is 13.3 Å². The van der Waals surface area contributed by atoms with Crippen molar-refractivity contribution in [3.05, 3.63) is 0 Å². The third-order valence-electron chi connectivity index (χ3n) is 1.82. The molecule has 0 radical (unpaired) electrons. The molecular formula is C8H16P+. The Morgan fingerprint density at radius 3 is 2.56 bits per heavy atom. The smallest absolute Gasteiger partial charge is 0.0649 e. The standard InChI is InChI=1S/C8H16P/c1-2-3-6-9-7-4-5-8-9/h6H,2-5,7-8H2,1H3/q+1. The summed E-state index contributed by atoms with van der Waals surface area (Å²) < 4.78 is 0. The number of unbranched alkanes of at least 4 members (excludes halogenated alkanes) is 1. The topological polar surface area (TPSA) is 0 Å². The summed E-state index contributed by atoms with van der Waals surface area (Å²) in [6.07, 6.45) is 8.80. The normalized spacial score (nSPS) is 18.6. The second-order valence-electron chi connectivity index (χ2n) is 2.71. The summed E-state index contributed by atoms with van der Waals surface area (Å²) >= 11 is 0. The predicted octanol–water partition coefficient (Wildman–Crippen LogP) is 2.86. The Labute approximate surface area is 59.0 Å². The van der Waals surface area contributed by atoms with Crippen LogP contribution < -0.4 is 0 Å². The second kappa shape index (κ2) is 4.06. The van der Waals surface area contributed by atoms with Crippen molar-refractivity contribution in [3.8, 4) is 0 Å². The lowest BCUT2D eigenvalue weighted by Gasteiger charge is -1.80. The van der Waals surface area contributed by atoms with E-state index in [0.29, 0.717) is 7.55 Å². The van der Waals surface area contributed by atoms with Crippen LogP contribution in [0, 0.1) is 0 Å². The lowest BCUT2D eigenvalue weighted by atomic mass is 10.4. The monoisotopic (exact) mass is 143 g/mol. The van der Waals surface area contributed by atoms with Crippen LogP contribution in [0.3, 0.4) is 0 Å². The predicted molar refractivity (Wildman–Crippen MR) is 46.9 cm³/mol. The van der Waals surface area contributed by atoms with Gasteiger partial charge in [-0.3, -0.25) is 0 Å². The molecule has 1 heterocycles. The molecule has 0 nitrogen and oxygen atoms in total. The van der Waals surface area contributed by atoms with Gasteiger partial charge in [0.2, 0.25) is 0 Å². The first kappa shape index (κ1) is 7.28. The molecule has 0 aliphatic carbocycles. The molecule has 1 saturated heterocycles. The van der Waals surface area contributed by atoms with Gasteiger partial charge in [0, 0.05) is 6.42 Å². The Hall–Kier alpha value is 0.170. The zero-order valence-electron chi connectivity index (χ0n) is 6.27. The van der Waals surface area contributed by atoms with E-state index >= 15 is 0 Å². The van der Waals surface area contributed by atoms with E-state index in [1.54, 1.807) is 0 Å². The van der Waals surface area contributed by atoms with Gasteiger partial charge >= 0.3 is 0 Å². The van der Waals surface area contributed by atoms with E-state index in [9.17, 15) is 0 Å². The maximum absolute atomic E-state index is 2.59. The Morgan fingerprint density at radius 1 is 1.33 bits per heavy atom. The molecule has 0 atom stereocenters. The van der Waals surface area contributed by atoms with E-state index in [1.807, 2.05) is 0 Å². The molecule has 0 bridgehead atoms. The highest BCUT2D eigenvalue weighted by Crippen LogP contribution is 2.32. The van der Waals surface area contributed by atoms with E-state index in [1.165, 1.54) is 38.0 Å². The van der Waals surface area contributed by atoms with E-state index < -0.39 is 0 Å². The van der Waals surface area contributed by atoms with Crippen molar-refractivity contribution < 1.29 is 0 Å².